The van der Waals surface area contributed by atoms with E-state index in [-0.39, 0.29) is 22.8 Å². The molecule has 0 aromatic heterocycles. The van der Waals surface area contributed by atoms with E-state index in [2.05, 4.69) is 15.7 Å². The summed E-state index contributed by atoms with van der Waals surface area (Å²) in [5.74, 6) is 0.508. The molecule has 2 fully saturated rings. The summed E-state index contributed by atoms with van der Waals surface area (Å²) in [7, 11) is -3.60. The smallest absolute Gasteiger partial charge is 0.253 e. The molecule has 0 bridgehead atoms. The van der Waals surface area contributed by atoms with Crippen LogP contribution < -0.4 is 4.72 Å². The average Bonchev–Trinajstić information content (AvgIpc) is 3.51. The van der Waals surface area contributed by atoms with Gasteiger partial charge in [-0.3, -0.25) is 9.69 Å². The molecule has 1 aliphatic carbocycles. The molecule has 0 spiro atoms. The molecule has 1 atom stereocenters. The Morgan fingerprint density at radius 1 is 1.25 bits per heavy atom. The lowest BCUT2D eigenvalue weighted by atomic mass is 10.0. The Balaban J connectivity index is 1.64. The largest absolute Gasteiger partial charge is 0.336 e. The van der Waals surface area contributed by atoms with Gasteiger partial charge in [0.1, 0.15) is 6.04 Å². The third-order valence-electron chi connectivity index (χ3n) is 5.41. The third kappa shape index (κ3) is 4.90. The maximum atomic E-state index is 12.9. The topological polar surface area (TPSA) is 93.5 Å². The maximum Gasteiger partial charge on any atom is 0.253 e. The van der Waals surface area contributed by atoms with Crippen LogP contribution in [-0.4, -0.2) is 62.9 Å². The van der Waals surface area contributed by atoms with E-state index in [0.29, 0.717) is 44.2 Å². The molecule has 1 amide bonds. The van der Waals surface area contributed by atoms with Crippen LogP contribution in [0.2, 0.25) is 0 Å². The van der Waals surface area contributed by atoms with E-state index in [1.807, 2.05) is 13.8 Å². The quantitative estimate of drug-likeness (QED) is 0.746. The lowest BCUT2D eigenvalue weighted by Crippen LogP contribution is -2.52. The number of amides is 1. The number of nitriles is 1. The SMILES string of the molecule is CC(C)C(C#N)N1CCN(C(=O)c2cccc(S(=O)(=O)NCC3CC3)c2)CC1. The van der Waals surface area contributed by atoms with E-state index in [4.69, 9.17) is 0 Å². The summed E-state index contributed by atoms with van der Waals surface area (Å²) in [6.07, 6.45) is 2.13. The van der Waals surface area contributed by atoms with Crippen molar-refractivity contribution in [3.63, 3.8) is 0 Å². The highest BCUT2D eigenvalue weighted by molar-refractivity contribution is 7.89. The molecule has 1 saturated carbocycles. The maximum absolute atomic E-state index is 12.9. The summed E-state index contributed by atoms with van der Waals surface area (Å²) in [6.45, 7) is 6.84. The van der Waals surface area contributed by atoms with Gasteiger partial charge in [0.15, 0.2) is 0 Å². The van der Waals surface area contributed by atoms with Gasteiger partial charge < -0.3 is 4.90 Å². The number of benzene rings is 1. The Morgan fingerprint density at radius 3 is 2.50 bits per heavy atom. The molecule has 1 aliphatic heterocycles. The lowest BCUT2D eigenvalue weighted by Gasteiger charge is -2.38. The van der Waals surface area contributed by atoms with Crippen LogP contribution in [0, 0.1) is 23.2 Å². The molecule has 28 heavy (non-hydrogen) atoms. The van der Waals surface area contributed by atoms with Crippen molar-refractivity contribution in [3.05, 3.63) is 29.8 Å². The Labute approximate surface area is 167 Å². The van der Waals surface area contributed by atoms with Gasteiger partial charge >= 0.3 is 0 Å². The zero-order chi connectivity index (χ0) is 20.3. The number of carbonyl (C=O) groups is 1. The lowest BCUT2D eigenvalue weighted by molar-refractivity contribution is 0.0576. The summed E-state index contributed by atoms with van der Waals surface area (Å²) < 4.78 is 27.5. The minimum absolute atomic E-state index is 0.127. The summed E-state index contributed by atoms with van der Waals surface area (Å²) in [6, 6.07) is 8.43. The highest BCUT2D eigenvalue weighted by Crippen LogP contribution is 2.28. The molecule has 2 aliphatic rings. The average molecular weight is 405 g/mol. The third-order valence-corrected chi connectivity index (χ3v) is 6.83. The minimum Gasteiger partial charge on any atom is -0.336 e. The molecule has 3 rings (SSSR count). The van der Waals surface area contributed by atoms with E-state index in [1.165, 1.54) is 12.1 Å². The van der Waals surface area contributed by atoms with Crippen LogP contribution in [0.4, 0.5) is 0 Å². The van der Waals surface area contributed by atoms with Gasteiger partial charge in [0.2, 0.25) is 10.0 Å². The van der Waals surface area contributed by atoms with Crippen molar-refractivity contribution < 1.29 is 13.2 Å². The molecule has 0 radical (unpaired) electrons. The minimum atomic E-state index is -3.60. The predicted octanol–water partition coefficient (Wildman–Crippen LogP) is 1.68. The van der Waals surface area contributed by atoms with Crippen LogP contribution in [-0.2, 0) is 10.0 Å². The Bertz CT molecular complexity index is 850. The molecular formula is C20H28N4O3S. The molecule has 8 heteroatoms. The van der Waals surface area contributed by atoms with Gasteiger partial charge in [-0.25, -0.2) is 13.1 Å². The van der Waals surface area contributed by atoms with E-state index in [9.17, 15) is 18.5 Å². The normalized spacial score (nSPS) is 19.4. The first-order chi connectivity index (χ1) is 13.3. The summed E-state index contributed by atoms with van der Waals surface area (Å²) in [5, 5.41) is 9.36. The molecular weight excluding hydrogens is 376 g/mol. The second-order valence-corrected chi connectivity index (χ2v) is 9.74. The first-order valence-corrected chi connectivity index (χ1v) is 11.3. The van der Waals surface area contributed by atoms with Gasteiger partial charge in [0, 0.05) is 38.3 Å². The fraction of sp³-hybridized carbons (Fsp3) is 0.600. The molecule has 1 aromatic rings. The number of nitrogens with zero attached hydrogens (tertiary/aromatic N) is 3. The summed E-state index contributed by atoms with van der Waals surface area (Å²) in [4.78, 5) is 16.8. The Hall–Kier alpha value is -1.95. The zero-order valence-electron chi connectivity index (χ0n) is 16.5. The molecule has 1 heterocycles. The number of hydrogen-bond acceptors (Lipinski definition) is 5. The predicted molar refractivity (Wildman–Crippen MR) is 106 cm³/mol. The van der Waals surface area contributed by atoms with Crippen LogP contribution in [0.1, 0.15) is 37.0 Å². The van der Waals surface area contributed by atoms with Crippen molar-refractivity contribution in [1.82, 2.24) is 14.5 Å². The monoisotopic (exact) mass is 404 g/mol. The van der Waals surface area contributed by atoms with Crippen LogP contribution in [0.5, 0.6) is 0 Å². The van der Waals surface area contributed by atoms with E-state index in [0.717, 1.165) is 12.8 Å². The van der Waals surface area contributed by atoms with Crippen LogP contribution in [0.15, 0.2) is 29.2 Å². The number of carbonyl (C=O) groups excluding carboxylic acids is 1. The van der Waals surface area contributed by atoms with Crippen molar-refractivity contribution in [2.75, 3.05) is 32.7 Å². The van der Waals surface area contributed by atoms with Gasteiger partial charge in [-0.2, -0.15) is 5.26 Å². The van der Waals surface area contributed by atoms with Gasteiger partial charge in [-0.1, -0.05) is 19.9 Å². The molecule has 7 nitrogen and oxygen atoms in total. The van der Waals surface area contributed by atoms with E-state index < -0.39 is 10.0 Å². The van der Waals surface area contributed by atoms with Crippen molar-refractivity contribution in [2.45, 2.75) is 37.6 Å². The van der Waals surface area contributed by atoms with Crippen molar-refractivity contribution >= 4 is 15.9 Å². The zero-order valence-corrected chi connectivity index (χ0v) is 17.3. The van der Waals surface area contributed by atoms with Crippen LogP contribution in [0.25, 0.3) is 0 Å². The number of nitrogens with one attached hydrogen (secondary N) is 1. The van der Waals surface area contributed by atoms with Crippen LogP contribution >= 0.6 is 0 Å². The fourth-order valence-electron chi connectivity index (χ4n) is 3.47. The van der Waals surface area contributed by atoms with Gasteiger partial charge in [0.05, 0.1) is 11.0 Å². The van der Waals surface area contributed by atoms with Crippen LogP contribution in [0.3, 0.4) is 0 Å². The fourth-order valence-corrected chi connectivity index (χ4v) is 4.63. The Morgan fingerprint density at radius 2 is 1.93 bits per heavy atom. The number of sulfonamides is 1. The van der Waals surface area contributed by atoms with Gasteiger partial charge in [-0.05, 0) is 42.9 Å². The number of rotatable bonds is 7. The first kappa shape index (κ1) is 20.8. The molecule has 1 unspecified atom stereocenters. The van der Waals surface area contributed by atoms with Gasteiger partial charge in [0.25, 0.3) is 5.91 Å². The number of piperazine rings is 1. The number of hydrogen-bond donors (Lipinski definition) is 1. The van der Waals surface area contributed by atoms with E-state index in [1.54, 1.807) is 17.0 Å². The molecule has 1 N–H and O–H groups in total. The van der Waals surface area contributed by atoms with E-state index >= 15 is 0 Å². The first-order valence-electron chi connectivity index (χ1n) is 9.84. The molecule has 1 saturated heterocycles. The second kappa shape index (κ2) is 8.60. The summed E-state index contributed by atoms with van der Waals surface area (Å²) >= 11 is 0. The molecule has 152 valence electrons. The Kier molecular flexibility index (Phi) is 6.38. The van der Waals surface area contributed by atoms with Crippen molar-refractivity contribution in [3.8, 4) is 6.07 Å². The summed E-state index contributed by atoms with van der Waals surface area (Å²) in [5.41, 5.74) is 0.378. The molecule has 1 aromatic carbocycles. The van der Waals surface area contributed by atoms with Crippen molar-refractivity contribution in [2.24, 2.45) is 11.8 Å². The van der Waals surface area contributed by atoms with Crippen molar-refractivity contribution in [1.29, 1.82) is 5.26 Å². The van der Waals surface area contributed by atoms with Gasteiger partial charge in [-0.15, -0.1) is 0 Å². The second-order valence-electron chi connectivity index (χ2n) is 7.97. The standard InChI is InChI=1S/C20H28N4O3S/c1-15(2)19(13-21)23-8-10-24(11-9-23)20(25)17-4-3-5-18(12-17)28(26,27)22-14-16-6-7-16/h3-5,12,15-16,19,22H,6-11,14H2,1-2H3. The highest BCUT2D eigenvalue weighted by Gasteiger charge is 2.29. The highest BCUT2D eigenvalue weighted by atomic mass is 32.2.